The van der Waals surface area contributed by atoms with Crippen LogP contribution < -0.4 is 0 Å². The van der Waals surface area contributed by atoms with Gasteiger partial charge in [0.05, 0.1) is 26.4 Å². The number of hydrogen-bond donors (Lipinski definition) is 3. The van der Waals surface area contributed by atoms with Gasteiger partial charge in [-0.25, -0.2) is 9.13 Å². The fourth-order valence-electron chi connectivity index (χ4n) is 9.01. The first kappa shape index (κ1) is 79.1. The van der Waals surface area contributed by atoms with Crippen molar-refractivity contribution in [2.45, 2.75) is 311 Å². The quantitative estimate of drug-likeness (QED) is 0.0222. The van der Waals surface area contributed by atoms with Crippen molar-refractivity contribution < 1.29 is 80.2 Å². The number of aliphatic hydroxyl groups excluding tert-OH is 1. The molecule has 0 saturated carbocycles. The second-order valence-corrected chi connectivity index (χ2v) is 26.8. The van der Waals surface area contributed by atoms with E-state index < -0.39 is 97.5 Å². The van der Waals surface area contributed by atoms with Crippen LogP contribution in [0.25, 0.3) is 0 Å². The van der Waals surface area contributed by atoms with Gasteiger partial charge >= 0.3 is 39.5 Å². The largest absolute Gasteiger partial charge is 0.472 e. The maximum absolute atomic E-state index is 12.9. The number of rotatable bonds is 59. The predicted molar refractivity (Wildman–Crippen MR) is 321 cm³/mol. The summed E-state index contributed by atoms with van der Waals surface area (Å²) in [5.74, 6) is 0.726. The maximum atomic E-state index is 12.9. The normalized spacial score (nSPS) is 15.2. The number of phosphoric ester groups is 2. The number of unbranched alkanes of at least 4 members (excludes halogenated alkanes) is 23. The number of esters is 4. The van der Waals surface area contributed by atoms with Crippen molar-refractivity contribution in [3.05, 3.63) is 0 Å². The minimum atomic E-state index is -4.94. The van der Waals surface area contributed by atoms with Gasteiger partial charge in [0.2, 0.25) is 0 Å². The van der Waals surface area contributed by atoms with E-state index in [1.165, 1.54) is 89.9 Å². The van der Waals surface area contributed by atoms with Crippen LogP contribution >= 0.6 is 15.6 Å². The standard InChI is InChI=1S/C62H120O17P2/c1-9-54(7)40-32-24-18-20-27-35-43-60(65)73-49-58(79-62(67)45-37-29-21-19-25-33-41-55(8)10-2)51-77-81(70,71)75-47-56(63)46-74-80(68,69)76-50-57(78-61(66)44-36-28-17-13-15-23-31-39-53(5)6)48-72-59(64)42-34-26-16-12-11-14-22-30-38-52(3)4/h52-58,63H,9-51H2,1-8H3,(H,68,69)(H,70,71)/t54?,55?,56-,57-,58-/m1/s1. The van der Waals surface area contributed by atoms with Crippen LogP contribution in [0.15, 0.2) is 0 Å². The second kappa shape index (κ2) is 52.4. The van der Waals surface area contributed by atoms with Crippen LogP contribution in [0.3, 0.4) is 0 Å². The van der Waals surface area contributed by atoms with Crippen molar-refractivity contribution in [3.63, 3.8) is 0 Å². The monoisotopic (exact) mass is 1200 g/mol. The summed E-state index contributed by atoms with van der Waals surface area (Å²) >= 11 is 0. The molecule has 81 heavy (non-hydrogen) atoms. The van der Waals surface area contributed by atoms with Crippen LogP contribution in [-0.2, 0) is 65.4 Å². The molecule has 0 aromatic heterocycles. The molecule has 0 fully saturated rings. The molecule has 0 aromatic carbocycles. The molecule has 19 heteroatoms. The van der Waals surface area contributed by atoms with Crippen molar-refractivity contribution in [1.29, 1.82) is 0 Å². The van der Waals surface area contributed by atoms with E-state index in [-0.39, 0.29) is 25.7 Å². The lowest BCUT2D eigenvalue weighted by Gasteiger charge is -2.21. The molecule has 7 atom stereocenters. The van der Waals surface area contributed by atoms with Gasteiger partial charge in [-0.15, -0.1) is 0 Å². The number of carbonyl (C=O) groups is 4. The fraction of sp³-hybridized carbons (Fsp3) is 0.935. The second-order valence-electron chi connectivity index (χ2n) is 23.9. The van der Waals surface area contributed by atoms with Crippen molar-refractivity contribution in [3.8, 4) is 0 Å². The molecule has 480 valence electrons. The molecular weight excluding hydrogens is 1080 g/mol. The Labute approximate surface area is 492 Å². The van der Waals surface area contributed by atoms with E-state index in [1.54, 1.807) is 0 Å². The van der Waals surface area contributed by atoms with Crippen molar-refractivity contribution in [1.82, 2.24) is 0 Å². The average molecular weight is 1200 g/mol. The van der Waals surface area contributed by atoms with Crippen molar-refractivity contribution in [2.24, 2.45) is 23.7 Å². The summed E-state index contributed by atoms with van der Waals surface area (Å²) in [5, 5.41) is 10.5. The topological polar surface area (TPSA) is 237 Å². The highest BCUT2D eigenvalue weighted by Gasteiger charge is 2.30. The minimum Gasteiger partial charge on any atom is -0.462 e. The van der Waals surface area contributed by atoms with E-state index in [0.29, 0.717) is 31.6 Å². The van der Waals surface area contributed by atoms with E-state index >= 15 is 0 Å². The van der Waals surface area contributed by atoms with E-state index in [4.69, 9.17) is 37.0 Å². The lowest BCUT2D eigenvalue weighted by Crippen LogP contribution is -2.30. The first-order chi connectivity index (χ1) is 38.7. The third kappa shape index (κ3) is 54.5. The number of aliphatic hydroxyl groups is 1. The average Bonchev–Trinajstić information content (AvgIpc) is 3.42. The Morgan fingerprint density at radius 1 is 0.346 bits per heavy atom. The lowest BCUT2D eigenvalue weighted by atomic mass is 10.00. The number of hydrogen-bond acceptors (Lipinski definition) is 15. The maximum Gasteiger partial charge on any atom is 0.472 e. The smallest absolute Gasteiger partial charge is 0.462 e. The van der Waals surface area contributed by atoms with Crippen LogP contribution in [0, 0.1) is 23.7 Å². The van der Waals surface area contributed by atoms with Gasteiger partial charge in [-0.05, 0) is 49.4 Å². The Hall–Kier alpha value is -1.94. The van der Waals surface area contributed by atoms with Crippen molar-refractivity contribution >= 4 is 39.5 Å². The first-order valence-electron chi connectivity index (χ1n) is 32.3. The van der Waals surface area contributed by atoms with Gasteiger partial charge in [-0.2, -0.15) is 0 Å². The SMILES string of the molecule is CCC(C)CCCCCCCCC(=O)OC[C@H](COP(=O)(O)OC[C@H](O)COP(=O)(O)OC[C@@H](COC(=O)CCCCCCCCCCC(C)C)OC(=O)CCCCCCCCCC(C)C)OC(=O)CCCCCCCCC(C)CC. The molecule has 0 radical (unpaired) electrons. The molecule has 0 amide bonds. The Balaban J connectivity index is 5.26. The molecule has 0 aromatic rings. The number of carbonyl (C=O) groups excluding carboxylic acids is 4. The summed E-state index contributed by atoms with van der Waals surface area (Å²) in [4.78, 5) is 72.1. The molecule has 0 heterocycles. The Bertz CT molecular complexity index is 1630. The van der Waals surface area contributed by atoms with Crippen molar-refractivity contribution in [2.75, 3.05) is 39.6 Å². The predicted octanol–water partition coefficient (Wildman–Crippen LogP) is 16.6. The summed E-state index contributed by atoms with van der Waals surface area (Å²) in [6.07, 6.45) is 30.9. The molecule has 0 aliphatic heterocycles. The summed E-state index contributed by atoms with van der Waals surface area (Å²) in [6, 6.07) is 0. The van der Waals surface area contributed by atoms with E-state index in [1.807, 2.05) is 0 Å². The zero-order chi connectivity index (χ0) is 60.4. The molecule has 0 spiro atoms. The third-order valence-electron chi connectivity index (χ3n) is 14.8. The molecule has 0 rings (SSSR count). The van der Waals surface area contributed by atoms with Gasteiger partial charge < -0.3 is 33.8 Å². The van der Waals surface area contributed by atoms with Gasteiger partial charge in [0.15, 0.2) is 12.2 Å². The molecule has 4 unspecified atom stereocenters. The molecule has 0 aliphatic carbocycles. The molecule has 0 aliphatic rings. The van der Waals surface area contributed by atoms with E-state index in [2.05, 4.69) is 55.4 Å². The van der Waals surface area contributed by atoms with E-state index in [0.717, 1.165) is 114 Å². The van der Waals surface area contributed by atoms with Gasteiger partial charge in [0.25, 0.3) is 0 Å². The molecular formula is C62H120O17P2. The molecule has 17 nitrogen and oxygen atoms in total. The van der Waals surface area contributed by atoms with E-state index in [9.17, 15) is 43.2 Å². The summed E-state index contributed by atoms with van der Waals surface area (Å²) < 4.78 is 67.9. The van der Waals surface area contributed by atoms with Gasteiger partial charge in [-0.3, -0.25) is 37.3 Å². The summed E-state index contributed by atoms with van der Waals surface area (Å²) in [7, 11) is -9.89. The zero-order valence-electron chi connectivity index (χ0n) is 52.4. The zero-order valence-corrected chi connectivity index (χ0v) is 54.2. The first-order valence-corrected chi connectivity index (χ1v) is 35.3. The highest BCUT2D eigenvalue weighted by atomic mass is 31.2. The fourth-order valence-corrected chi connectivity index (χ4v) is 10.6. The van der Waals surface area contributed by atoms with Gasteiger partial charge in [0, 0.05) is 25.7 Å². The molecule has 0 saturated heterocycles. The van der Waals surface area contributed by atoms with Crippen LogP contribution in [0.1, 0.15) is 293 Å². The highest BCUT2D eigenvalue weighted by molar-refractivity contribution is 7.47. The van der Waals surface area contributed by atoms with Gasteiger partial charge in [-0.1, -0.05) is 242 Å². The Morgan fingerprint density at radius 3 is 0.877 bits per heavy atom. The highest BCUT2D eigenvalue weighted by Crippen LogP contribution is 2.45. The van der Waals surface area contributed by atoms with Crippen LogP contribution in [0.2, 0.25) is 0 Å². The Kier molecular flexibility index (Phi) is 51.1. The van der Waals surface area contributed by atoms with Crippen LogP contribution in [-0.4, -0.2) is 96.7 Å². The van der Waals surface area contributed by atoms with Crippen LogP contribution in [0.5, 0.6) is 0 Å². The summed E-state index contributed by atoms with van der Waals surface area (Å²) in [5.41, 5.74) is 0. The minimum absolute atomic E-state index is 0.101. The number of phosphoric acid groups is 2. The van der Waals surface area contributed by atoms with Crippen LogP contribution in [0.4, 0.5) is 0 Å². The number of ether oxygens (including phenoxy) is 4. The summed E-state index contributed by atoms with van der Waals surface area (Å²) in [6.45, 7) is 13.9. The third-order valence-corrected chi connectivity index (χ3v) is 16.7. The van der Waals surface area contributed by atoms with Gasteiger partial charge in [0.1, 0.15) is 19.3 Å². The Morgan fingerprint density at radius 2 is 0.593 bits per heavy atom. The molecule has 3 N–H and O–H groups in total. The molecule has 0 bridgehead atoms. The lowest BCUT2D eigenvalue weighted by molar-refractivity contribution is -0.161.